The summed E-state index contributed by atoms with van der Waals surface area (Å²) < 4.78 is 1.04. The third-order valence-electron chi connectivity index (χ3n) is 2.03. The van der Waals surface area contributed by atoms with Gasteiger partial charge in [-0.15, -0.1) is 0 Å². The van der Waals surface area contributed by atoms with Gasteiger partial charge in [0.2, 0.25) is 0 Å². The highest BCUT2D eigenvalue weighted by Gasteiger charge is 1.99. The second-order valence-electron chi connectivity index (χ2n) is 3.49. The molecule has 2 aromatic rings. The normalized spacial score (nSPS) is 10.2. The molecule has 1 aromatic carbocycles. The summed E-state index contributed by atoms with van der Waals surface area (Å²) in [7, 11) is 0. The maximum Gasteiger partial charge on any atom is 0.132 e. The first-order valence-electron chi connectivity index (χ1n) is 4.80. The van der Waals surface area contributed by atoms with Crippen LogP contribution in [0.2, 0.25) is 5.15 Å². The molecule has 0 fully saturated rings. The van der Waals surface area contributed by atoms with Gasteiger partial charge >= 0.3 is 0 Å². The van der Waals surface area contributed by atoms with Crippen LogP contribution in [0.5, 0.6) is 0 Å². The van der Waals surface area contributed by atoms with Gasteiger partial charge in [0.25, 0.3) is 0 Å². The van der Waals surface area contributed by atoms with E-state index in [9.17, 15) is 0 Å². The highest BCUT2D eigenvalue weighted by Crippen LogP contribution is 2.22. The lowest BCUT2D eigenvalue weighted by Gasteiger charge is -2.07. The molecule has 16 heavy (non-hydrogen) atoms. The maximum atomic E-state index is 5.81. The molecule has 2 rings (SSSR count). The lowest BCUT2D eigenvalue weighted by Crippen LogP contribution is -1.93. The number of halogens is 2. The van der Waals surface area contributed by atoms with Crippen molar-refractivity contribution in [3.05, 3.63) is 51.6 Å². The van der Waals surface area contributed by atoms with Gasteiger partial charge in [0.05, 0.1) is 0 Å². The molecule has 0 aliphatic carbocycles. The fourth-order valence-corrected chi connectivity index (χ4v) is 2.21. The van der Waals surface area contributed by atoms with Crippen molar-refractivity contribution in [2.45, 2.75) is 6.92 Å². The second kappa shape index (κ2) is 4.85. The van der Waals surface area contributed by atoms with E-state index < -0.39 is 0 Å². The second-order valence-corrected chi connectivity index (χ2v) is 4.79. The van der Waals surface area contributed by atoms with Crippen LogP contribution in [0.1, 0.15) is 5.56 Å². The van der Waals surface area contributed by atoms with Gasteiger partial charge in [0.1, 0.15) is 11.0 Å². The number of hydrogen-bond donors (Lipinski definition) is 1. The Morgan fingerprint density at radius 2 is 2.06 bits per heavy atom. The molecule has 0 atom stereocenters. The minimum Gasteiger partial charge on any atom is -0.340 e. The molecule has 1 N–H and O–H groups in total. The molecule has 82 valence electrons. The number of nitrogens with zero attached hydrogens (tertiary/aromatic N) is 1. The summed E-state index contributed by atoms with van der Waals surface area (Å²) in [5.74, 6) is 0.741. The van der Waals surface area contributed by atoms with Crippen LogP contribution < -0.4 is 5.32 Å². The highest BCUT2D eigenvalue weighted by atomic mass is 79.9. The van der Waals surface area contributed by atoms with Crippen molar-refractivity contribution in [2.75, 3.05) is 5.32 Å². The Hall–Kier alpha value is -1.06. The number of aryl methyl sites for hydroxylation is 1. The Kier molecular flexibility index (Phi) is 3.46. The summed E-state index contributed by atoms with van der Waals surface area (Å²) in [4.78, 5) is 4.17. The van der Waals surface area contributed by atoms with E-state index in [4.69, 9.17) is 11.6 Å². The molecule has 0 radical (unpaired) electrons. The predicted molar refractivity (Wildman–Crippen MR) is 71.4 cm³/mol. The monoisotopic (exact) mass is 296 g/mol. The van der Waals surface area contributed by atoms with Crippen LogP contribution in [0.3, 0.4) is 0 Å². The third kappa shape index (κ3) is 2.97. The molecule has 0 amide bonds. The SMILES string of the molecule is Cc1cc(Br)cc(Nc2cccc(Cl)n2)c1. The highest BCUT2D eigenvalue weighted by molar-refractivity contribution is 9.10. The zero-order valence-corrected chi connectivity index (χ0v) is 11.0. The van der Waals surface area contributed by atoms with Crippen LogP contribution in [0.4, 0.5) is 11.5 Å². The van der Waals surface area contributed by atoms with E-state index in [0.717, 1.165) is 16.0 Å². The van der Waals surface area contributed by atoms with Crippen molar-refractivity contribution in [2.24, 2.45) is 0 Å². The van der Waals surface area contributed by atoms with E-state index >= 15 is 0 Å². The van der Waals surface area contributed by atoms with Crippen LogP contribution in [-0.4, -0.2) is 4.98 Å². The molecule has 0 unspecified atom stereocenters. The van der Waals surface area contributed by atoms with Crippen molar-refractivity contribution in [3.63, 3.8) is 0 Å². The molecule has 0 bridgehead atoms. The Morgan fingerprint density at radius 3 is 2.75 bits per heavy atom. The summed E-state index contributed by atoms with van der Waals surface area (Å²) in [6, 6.07) is 11.6. The number of aromatic nitrogens is 1. The van der Waals surface area contributed by atoms with Gasteiger partial charge in [0.15, 0.2) is 0 Å². The molecular formula is C12H10BrClN2. The van der Waals surface area contributed by atoms with E-state index in [1.165, 1.54) is 5.56 Å². The lowest BCUT2D eigenvalue weighted by molar-refractivity contribution is 1.30. The maximum absolute atomic E-state index is 5.81. The van der Waals surface area contributed by atoms with Crippen molar-refractivity contribution in [1.29, 1.82) is 0 Å². The van der Waals surface area contributed by atoms with E-state index in [0.29, 0.717) is 5.15 Å². The van der Waals surface area contributed by atoms with Crippen molar-refractivity contribution in [1.82, 2.24) is 4.98 Å². The standard InChI is InChI=1S/C12H10BrClN2/c1-8-5-9(13)7-10(6-8)15-12-4-2-3-11(14)16-12/h2-7H,1H3,(H,15,16). The summed E-state index contributed by atoms with van der Waals surface area (Å²) in [5.41, 5.74) is 2.17. The molecule has 0 aliphatic rings. The van der Waals surface area contributed by atoms with E-state index in [2.05, 4.69) is 32.3 Å². The molecule has 1 aromatic heterocycles. The largest absolute Gasteiger partial charge is 0.340 e. The fraction of sp³-hybridized carbons (Fsp3) is 0.0833. The van der Waals surface area contributed by atoms with Crippen LogP contribution >= 0.6 is 27.5 Å². The lowest BCUT2D eigenvalue weighted by atomic mass is 10.2. The van der Waals surface area contributed by atoms with Gasteiger partial charge in [-0.1, -0.05) is 33.6 Å². The zero-order valence-electron chi connectivity index (χ0n) is 8.67. The van der Waals surface area contributed by atoms with Crippen LogP contribution in [0, 0.1) is 6.92 Å². The van der Waals surface area contributed by atoms with Gasteiger partial charge in [-0.2, -0.15) is 0 Å². The molecule has 0 saturated heterocycles. The quantitative estimate of drug-likeness (QED) is 0.823. The molecule has 4 heteroatoms. The zero-order chi connectivity index (χ0) is 11.5. The number of benzene rings is 1. The first-order valence-corrected chi connectivity index (χ1v) is 5.97. The van der Waals surface area contributed by atoms with Gasteiger partial charge < -0.3 is 5.32 Å². The van der Waals surface area contributed by atoms with Crippen molar-refractivity contribution < 1.29 is 0 Å². The number of rotatable bonds is 2. The first-order chi connectivity index (χ1) is 7.63. The number of anilines is 2. The number of pyridine rings is 1. The Bertz CT molecular complexity index is 494. The van der Waals surface area contributed by atoms with E-state index in [-0.39, 0.29) is 0 Å². The predicted octanol–water partition coefficient (Wildman–Crippen LogP) is 4.55. The van der Waals surface area contributed by atoms with E-state index in [1.54, 1.807) is 6.07 Å². The van der Waals surface area contributed by atoms with Crippen LogP contribution in [0.25, 0.3) is 0 Å². The number of nitrogens with one attached hydrogen (secondary N) is 1. The fourth-order valence-electron chi connectivity index (χ4n) is 1.43. The van der Waals surface area contributed by atoms with Crippen LogP contribution in [0.15, 0.2) is 40.9 Å². The molecule has 0 saturated carbocycles. The molecule has 0 spiro atoms. The third-order valence-corrected chi connectivity index (χ3v) is 2.70. The Balaban J connectivity index is 2.27. The van der Waals surface area contributed by atoms with E-state index in [1.807, 2.05) is 31.2 Å². The summed E-state index contributed by atoms with van der Waals surface area (Å²) >= 11 is 9.27. The summed E-state index contributed by atoms with van der Waals surface area (Å²) in [5, 5.41) is 3.68. The molecule has 2 nitrogen and oxygen atoms in total. The summed E-state index contributed by atoms with van der Waals surface area (Å²) in [6.07, 6.45) is 0. The number of hydrogen-bond acceptors (Lipinski definition) is 2. The minimum absolute atomic E-state index is 0.483. The average molecular weight is 298 g/mol. The molecular weight excluding hydrogens is 288 g/mol. The Morgan fingerprint density at radius 1 is 1.25 bits per heavy atom. The van der Waals surface area contributed by atoms with Crippen molar-refractivity contribution in [3.8, 4) is 0 Å². The van der Waals surface area contributed by atoms with Crippen LogP contribution in [-0.2, 0) is 0 Å². The van der Waals surface area contributed by atoms with Gasteiger partial charge in [-0.25, -0.2) is 4.98 Å². The summed E-state index contributed by atoms with van der Waals surface area (Å²) in [6.45, 7) is 2.04. The molecule has 1 heterocycles. The topological polar surface area (TPSA) is 24.9 Å². The minimum atomic E-state index is 0.483. The molecule has 0 aliphatic heterocycles. The van der Waals surface area contributed by atoms with Gasteiger partial charge in [-0.3, -0.25) is 0 Å². The van der Waals surface area contributed by atoms with Gasteiger partial charge in [0, 0.05) is 10.2 Å². The van der Waals surface area contributed by atoms with Gasteiger partial charge in [-0.05, 0) is 42.8 Å². The smallest absolute Gasteiger partial charge is 0.132 e. The van der Waals surface area contributed by atoms with Crippen molar-refractivity contribution >= 4 is 39.0 Å². The Labute approximate surface area is 108 Å². The first kappa shape index (κ1) is 11.4. The average Bonchev–Trinajstić information content (AvgIpc) is 2.15.